The highest BCUT2D eigenvalue weighted by Crippen LogP contribution is 2.39. The molecular formula is C19H19N3O2. The van der Waals surface area contributed by atoms with Crippen LogP contribution in [-0.4, -0.2) is 15.6 Å². The van der Waals surface area contributed by atoms with Gasteiger partial charge in [-0.25, -0.2) is 0 Å². The van der Waals surface area contributed by atoms with Crippen molar-refractivity contribution in [2.75, 3.05) is 0 Å². The van der Waals surface area contributed by atoms with Crippen molar-refractivity contribution in [3.8, 4) is 5.88 Å². The van der Waals surface area contributed by atoms with Crippen LogP contribution in [0.4, 0.5) is 5.69 Å². The summed E-state index contributed by atoms with van der Waals surface area (Å²) >= 11 is 0. The van der Waals surface area contributed by atoms with E-state index < -0.39 is 5.91 Å². The number of rotatable bonds is 4. The van der Waals surface area contributed by atoms with E-state index in [1.807, 2.05) is 30.3 Å². The Hall–Kier alpha value is -2.95. The van der Waals surface area contributed by atoms with Crippen LogP contribution in [0.1, 0.15) is 24.2 Å². The largest absolute Gasteiger partial charge is 0.493 e. The lowest BCUT2D eigenvalue weighted by Gasteiger charge is -2.09. The first-order chi connectivity index (χ1) is 11.6. The van der Waals surface area contributed by atoms with Gasteiger partial charge >= 0.3 is 0 Å². The van der Waals surface area contributed by atoms with Gasteiger partial charge in [-0.05, 0) is 24.1 Å². The Bertz CT molecular complexity index is 896. The predicted molar refractivity (Wildman–Crippen MR) is 93.7 cm³/mol. The summed E-state index contributed by atoms with van der Waals surface area (Å²) in [5, 5.41) is 19.1. The maximum Gasteiger partial charge on any atom is 0.295 e. The van der Waals surface area contributed by atoms with Crippen molar-refractivity contribution in [2.24, 2.45) is 16.1 Å². The molecule has 0 aliphatic heterocycles. The SMILES string of the molecule is CC(C)Cn1c(O)c(N=NC(=O)c2ccccc2)c2ccccc21. The van der Waals surface area contributed by atoms with Crippen molar-refractivity contribution in [3.63, 3.8) is 0 Å². The minimum Gasteiger partial charge on any atom is -0.493 e. The van der Waals surface area contributed by atoms with Gasteiger partial charge in [-0.15, -0.1) is 10.2 Å². The Morgan fingerprint density at radius 2 is 1.75 bits per heavy atom. The van der Waals surface area contributed by atoms with Gasteiger partial charge in [0, 0.05) is 17.5 Å². The second kappa shape index (κ2) is 6.66. The minimum atomic E-state index is -0.435. The van der Waals surface area contributed by atoms with Gasteiger partial charge in [-0.2, -0.15) is 0 Å². The molecule has 0 bridgehead atoms. The molecule has 3 rings (SSSR count). The number of aromatic nitrogens is 1. The van der Waals surface area contributed by atoms with E-state index in [-0.39, 0.29) is 5.88 Å². The van der Waals surface area contributed by atoms with Gasteiger partial charge in [0.05, 0.1) is 5.52 Å². The molecule has 0 unspecified atom stereocenters. The summed E-state index contributed by atoms with van der Waals surface area (Å²) < 4.78 is 1.81. The van der Waals surface area contributed by atoms with Crippen LogP contribution in [0.15, 0.2) is 64.8 Å². The van der Waals surface area contributed by atoms with Crippen LogP contribution in [0.2, 0.25) is 0 Å². The Balaban J connectivity index is 2.02. The van der Waals surface area contributed by atoms with E-state index in [4.69, 9.17) is 0 Å². The Labute approximate surface area is 140 Å². The van der Waals surface area contributed by atoms with E-state index in [2.05, 4.69) is 24.1 Å². The maximum absolute atomic E-state index is 12.1. The third-order valence-corrected chi connectivity index (χ3v) is 3.73. The Morgan fingerprint density at radius 1 is 1.08 bits per heavy atom. The summed E-state index contributed by atoms with van der Waals surface area (Å²) in [6.45, 7) is 4.82. The molecule has 1 aromatic heterocycles. The number of carbonyl (C=O) groups excluding carboxylic acids is 1. The molecule has 1 N–H and O–H groups in total. The van der Waals surface area contributed by atoms with Gasteiger partial charge < -0.3 is 9.67 Å². The highest BCUT2D eigenvalue weighted by molar-refractivity contribution is 5.97. The molecule has 0 aliphatic rings. The molecule has 0 spiro atoms. The number of benzene rings is 2. The molecule has 3 aromatic rings. The molecule has 1 heterocycles. The van der Waals surface area contributed by atoms with E-state index in [0.29, 0.717) is 23.7 Å². The lowest BCUT2D eigenvalue weighted by Crippen LogP contribution is -2.03. The fraction of sp³-hybridized carbons (Fsp3) is 0.211. The standard InChI is InChI=1S/C19H19N3O2/c1-13(2)12-22-16-11-7-6-10-15(16)17(19(22)24)20-21-18(23)14-8-4-3-5-9-14/h3-11,13,24H,12H2,1-2H3. The van der Waals surface area contributed by atoms with Crippen LogP contribution in [0.3, 0.4) is 0 Å². The number of para-hydroxylation sites is 1. The topological polar surface area (TPSA) is 66.9 Å². The molecule has 122 valence electrons. The molecule has 0 radical (unpaired) electrons. The molecule has 0 fully saturated rings. The zero-order valence-electron chi connectivity index (χ0n) is 13.7. The van der Waals surface area contributed by atoms with E-state index >= 15 is 0 Å². The average molecular weight is 321 g/mol. The van der Waals surface area contributed by atoms with E-state index in [9.17, 15) is 9.90 Å². The molecule has 5 heteroatoms. The minimum absolute atomic E-state index is 0.0366. The Morgan fingerprint density at radius 3 is 2.46 bits per heavy atom. The number of azo groups is 1. The number of amides is 1. The molecule has 0 saturated heterocycles. The molecule has 1 amide bonds. The molecule has 0 saturated carbocycles. The fourth-order valence-electron chi connectivity index (χ4n) is 2.65. The third kappa shape index (κ3) is 3.06. The quantitative estimate of drug-likeness (QED) is 0.692. The second-order valence-electron chi connectivity index (χ2n) is 6.06. The van der Waals surface area contributed by atoms with Gasteiger partial charge in [0.2, 0.25) is 5.88 Å². The van der Waals surface area contributed by atoms with Crippen molar-refractivity contribution in [1.29, 1.82) is 0 Å². The summed E-state index contributed by atoms with van der Waals surface area (Å²) in [6.07, 6.45) is 0. The maximum atomic E-state index is 12.1. The summed E-state index contributed by atoms with van der Waals surface area (Å²) in [7, 11) is 0. The summed E-state index contributed by atoms with van der Waals surface area (Å²) in [6, 6.07) is 16.3. The van der Waals surface area contributed by atoms with Crippen molar-refractivity contribution >= 4 is 22.5 Å². The van der Waals surface area contributed by atoms with Crippen molar-refractivity contribution in [1.82, 2.24) is 4.57 Å². The number of fused-ring (bicyclic) bond motifs is 1. The van der Waals surface area contributed by atoms with Crippen molar-refractivity contribution < 1.29 is 9.90 Å². The third-order valence-electron chi connectivity index (χ3n) is 3.73. The zero-order valence-corrected chi connectivity index (χ0v) is 13.7. The number of nitrogens with zero attached hydrogens (tertiary/aromatic N) is 3. The van der Waals surface area contributed by atoms with E-state index in [1.54, 1.807) is 28.8 Å². The van der Waals surface area contributed by atoms with E-state index in [1.165, 1.54) is 0 Å². The van der Waals surface area contributed by atoms with Crippen molar-refractivity contribution in [2.45, 2.75) is 20.4 Å². The molecular weight excluding hydrogens is 302 g/mol. The zero-order chi connectivity index (χ0) is 17.1. The van der Waals surface area contributed by atoms with E-state index in [0.717, 1.165) is 10.9 Å². The van der Waals surface area contributed by atoms with Crippen molar-refractivity contribution in [3.05, 3.63) is 60.2 Å². The first-order valence-electron chi connectivity index (χ1n) is 7.89. The van der Waals surface area contributed by atoms with Gasteiger partial charge in [0.1, 0.15) is 0 Å². The van der Waals surface area contributed by atoms with Gasteiger partial charge in [-0.3, -0.25) is 4.79 Å². The number of hydrogen-bond acceptors (Lipinski definition) is 3. The Kier molecular flexibility index (Phi) is 4.42. The molecule has 0 aliphatic carbocycles. The highest BCUT2D eigenvalue weighted by atomic mass is 16.3. The van der Waals surface area contributed by atoms with Gasteiger partial charge in [-0.1, -0.05) is 50.2 Å². The smallest absolute Gasteiger partial charge is 0.295 e. The number of hydrogen-bond donors (Lipinski definition) is 1. The van der Waals surface area contributed by atoms with Crippen LogP contribution in [0, 0.1) is 5.92 Å². The molecule has 24 heavy (non-hydrogen) atoms. The average Bonchev–Trinajstić information content (AvgIpc) is 2.85. The van der Waals surface area contributed by atoms with Crippen LogP contribution < -0.4 is 0 Å². The summed E-state index contributed by atoms with van der Waals surface area (Å²) in [5.74, 6) is -0.0346. The van der Waals surface area contributed by atoms with Crippen LogP contribution in [0.5, 0.6) is 5.88 Å². The normalized spacial score (nSPS) is 11.6. The monoisotopic (exact) mass is 321 g/mol. The van der Waals surface area contributed by atoms with Gasteiger partial charge in [0.25, 0.3) is 5.91 Å². The highest BCUT2D eigenvalue weighted by Gasteiger charge is 2.17. The lowest BCUT2D eigenvalue weighted by molar-refractivity contribution is 0.0995. The number of carbonyl (C=O) groups is 1. The molecule has 0 atom stereocenters. The van der Waals surface area contributed by atoms with Crippen LogP contribution in [-0.2, 0) is 6.54 Å². The molecule has 5 nitrogen and oxygen atoms in total. The fourth-order valence-corrected chi connectivity index (χ4v) is 2.65. The first-order valence-corrected chi connectivity index (χ1v) is 7.89. The first kappa shape index (κ1) is 15.9. The summed E-state index contributed by atoms with van der Waals surface area (Å²) in [4.78, 5) is 12.1. The molecule has 2 aromatic carbocycles. The van der Waals surface area contributed by atoms with Crippen LogP contribution in [0.25, 0.3) is 10.9 Å². The predicted octanol–water partition coefficient (Wildman–Crippen LogP) is 4.93. The lowest BCUT2D eigenvalue weighted by atomic mass is 10.2. The van der Waals surface area contributed by atoms with Gasteiger partial charge in [0.15, 0.2) is 5.69 Å². The van der Waals surface area contributed by atoms with Crippen LogP contribution >= 0.6 is 0 Å². The second-order valence-corrected chi connectivity index (χ2v) is 6.06. The summed E-state index contributed by atoms with van der Waals surface area (Å²) in [5.41, 5.74) is 1.67. The number of aromatic hydroxyl groups is 1.